The number of nitrogens with two attached hydrogens (primary N) is 2. The summed E-state index contributed by atoms with van der Waals surface area (Å²) in [5.74, 6) is 2.76. The molecule has 0 saturated carbocycles. The zero-order valence-corrected chi connectivity index (χ0v) is 19.3. The van der Waals surface area contributed by atoms with Crippen molar-refractivity contribution in [2.75, 3.05) is 26.9 Å². The molecule has 33 heavy (non-hydrogen) atoms. The Labute approximate surface area is 192 Å². The number of rotatable bonds is 6. The van der Waals surface area contributed by atoms with Gasteiger partial charge in [-0.3, -0.25) is 4.98 Å². The number of pyridine rings is 1. The number of nitrogens with zero attached hydrogens (tertiary/aromatic N) is 4. The minimum Gasteiger partial charge on any atom is -0.496 e. The second-order valence-electron chi connectivity index (χ2n) is 8.74. The maximum atomic E-state index is 6.39. The number of fused-ring (bicyclic) bond motifs is 3. The van der Waals surface area contributed by atoms with E-state index in [0.717, 1.165) is 88.7 Å². The average Bonchev–Trinajstić information content (AvgIpc) is 3.37. The van der Waals surface area contributed by atoms with Crippen molar-refractivity contribution in [2.24, 2.45) is 17.4 Å². The summed E-state index contributed by atoms with van der Waals surface area (Å²) in [6.45, 7) is 6.53. The second kappa shape index (κ2) is 8.74. The number of aromatic nitrogens is 4. The highest BCUT2D eigenvalue weighted by Gasteiger charge is 2.24. The van der Waals surface area contributed by atoms with E-state index in [1.54, 1.807) is 7.11 Å². The summed E-state index contributed by atoms with van der Waals surface area (Å²) in [7, 11) is 1.67. The molecule has 0 spiro atoms. The third kappa shape index (κ3) is 3.76. The first-order valence-corrected chi connectivity index (χ1v) is 11.3. The molecule has 0 aliphatic carbocycles. The Morgan fingerprint density at radius 3 is 2.67 bits per heavy atom. The van der Waals surface area contributed by atoms with Crippen LogP contribution in [0, 0.1) is 19.8 Å². The minimum atomic E-state index is -0.351. The highest BCUT2D eigenvalue weighted by Crippen LogP contribution is 2.39. The lowest BCUT2D eigenvalue weighted by atomic mass is 9.99. The van der Waals surface area contributed by atoms with Gasteiger partial charge in [0.15, 0.2) is 0 Å². The van der Waals surface area contributed by atoms with Crippen LogP contribution in [0.25, 0.3) is 33.1 Å². The molecule has 1 saturated heterocycles. The van der Waals surface area contributed by atoms with E-state index in [-0.39, 0.29) is 6.04 Å². The number of ether oxygens (including phenoxy) is 2. The van der Waals surface area contributed by atoms with Gasteiger partial charge in [0.05, 0.1) is 41.6 Å². The van der Waals surface area contributed by atoms with E-state index in [0.29, 0.717) is 12.5 Å². The van der Waals surface area contributed by atoms with Gasteiger partial charge in [-0.05, 0) is 44.7 Å². The van der Waals surface area contributed by atoms with Crippen LogP contribution < -0.4 is 16.2 Å². The molecule has 4 N–H and O–H groups in total. The molecule has 9 heteroatoms. The third-order valence-electron chi connectivity index (χ3n) is 6.59. The van der Waals surface area contributed by atoms with Gasteiger partial charge in [-0.25, -0.2) is 4.98 Å². The van der Waals surface area contributed by atoms with Crippen LogP contribution in [-0.4, -0.2) is 46.6 Å². The molecule has 0 bridgehead atoms. The van der Waals surface area contributed by atoms with Gasteiger partial charge in [0.25, 0.3) is 0 Å². The van der Waals surface area contributed by atoms with Gasteiger partial charge in [-0.2, -0.15) is 0 Å². The molecular formula is C24H30N6O3. The van der Waals surface area contributed by atoms with Crippen LogP contribution in [0.1, 0.15) is 36.2 Å². The molecule has 5 rings (SSSR count). The Bertz CT molecular complexity index is 1290. The van der Waals surface area contributed by atoms with E-state index < -0.39 is 0 Å². The normalized spacial score (nSPS) is 16.0. The fraction of sp³-hybridized carbons (Fsp3) is 0.458. The molecule has 1 fully saturated rings. The van der Waals surface area contributed by atoms with Gasteiger partial charge in [-0.15, -0.1) is 0 Å². The van der Waals surface area contributed by atoms with Crippen molar-refractivity contribution in [3.63, 3.8) is 0 Å². The molecule has 4 heterocycles. The number of hydrogen-bond acceptors (Lipinski definition) is 8. The van der Waals surface area contributed by atoms with Crippen molar-refractivity contribution in [2.45, 2.75) is 39.3 Å². The monoisotopic (exact) mass is 450 g/mol. The quantitative estimate of drug-likeness (QED) is 0.458. The van der Waals surface area contributed by atoms with Crippen molar-refractivity contribution in [1.29, 1.82) is 0 Å². The molecule has 4 aromatic rings. The average molecular weight is 451 g/mol. The highest BCUT2D eigenvalue weighted by atomic mass is 16.5. The lowest BCUT2D eigenvalue weighted by Crippen LogP contribution is -2.27. The van der Waals surface area contributed by atoms with Crippen LogP contribution in [-0.2, 0) is 11.3 Å². The van der Waals surface area contributed by atoms with Crippen molar-refractivity contribution in [3.8, 4) is 16.9 Å². The fourth-order valence-corrected chi connectivity index (χ4v) is 4.85. The Balaban J connectivity index is 1.74. The zero-order chi connectivity index (χ0) is 23.1. The fourth-order valence-electron chi connectivity index (χ4n) is 4.85. The number of methoxy groups -OCH3 is 1. The van der Waals surface area contributed by atoms with Gasteiger partial charge < -0.3 is 30.0 Å². The predicted octanol–water partition coefficient (Wildman–Crippen LogP) is 3.25. The van der Waals surface area contributed by atoms with E-state index >= 15 is 0 Å². The standard InChI is InChI=1S/C24H30N6O3/c1-13-22(14(2)33-29-13)17-8-19-16(9-21(17)31-3)23-20(11-27-19)28-24(18(26)10-25)30(23)12-15-4-6-32-7-5-15/h8-9,11,15,18H,4-7,10,12,25-26H2,1-3H3. The van der Waals surface area contributed by atoms with E-state index in [2.05, 4.69) is 9.72 Å². The zero-order valence-electron chi connectivity index (χ0n) is 19.3. The molecule has 1 aliphatic rings. The Morgan fingerprint density at radius 1 is 1.21 bits per heavy atom. The summed E-state index contributed by atoms with van der Waals surface area (Å²) in [6, 6.07) is 3.72. The van der Waals surface area contributed by atoms with E-state index in [1.807, 2.05) is 32.2 Å². The van der Waals surface area contributed by atoms with Crippen molar-refractivity contribution < 1.29 is 14.0 Å². The van der Waals surface area contributed by atoms with Crippen molar-refractivity contribution in [1.82, 2.24) is 19.7 Å². The second-order valence-corrected chi connectivity index (χ2v) is 8.74. The first-order valence-electron chi connectivity index (χ1n) is 11.3. The van der Waals surface area contributed by atoms with Crippen molar-refractivity contribution in [3.05, 3.63) is 35.6 Å². The Morgan fingerprint density at radius 2 is 2.00 bits per heavy atom. The maximum absolute atomic E-state index is 6.39. The van der Waals surface area contributed by atoms with E-state index in [4.69, 9.17) is 35.4 Å². The Kier molecular flexibility index (Phi) is 5.77. The molecule has 1 aliphatic heterocycles. The van der Waals surface area contributed by atoms with Crippen LogP contribution >= 0.6 is 0 Å². The Hall–Kier alpha value is -3.01. The largest absolute Gasteiger partial charge is 0.496 e. The summed E-state index contributed by atoms with van der Waals surface area (Å²) < 4.78 is 19.0. The number of imidazole rings is 1. The molecule has 9 nitrogen and oxygen atoms in total. The molecule has 174 valence electrons. The van der Waals surface area contributed by atoms with Crippen LogP contribution in [0.5, 0.6) is 5.75 Å². The molecular weight excluding hydrogens is 420 g/mol. The molecule has 1 aromatic carbocycles. The van der Waals surface area contributed by atoms with Crippen LogP contribution in [0.2, 0.25) is 0 Å². The lowest BCUT2D eigenvalue weighted by Gasteiger charge is -2.24. The van der Waals surface area contributed by atoms with Gasteiger partial charge in [0.2, 0.25) is 0 Å². The summed E-state index contributed by atoms with van der Waals surface area (Å²) in [4.78, 5) is 9.58. The molecule has 0 radical (unpaired) electrons. The smallest absolute Gasteiger partial charge is 0.141 e. The molecule has 3 aromatic heterocycles. The molecule has 1 unspecified atom stereocenters. The maximum Gasteiger partial charge on any atom is 0.141 e. The molecule has 0 amide bonds. The van der Waals surface area contributed by atoms with E-state index in [1.165, 1.54) is 0 Å². The van der Waals surface area contributed by atoms with Crippen LogP contribution in [0.4, 0.5) is 0 Å². The summed E-state index contributed by atoms with van der Waals surface area (Å²) in [5.41, 5.74) is 17.6. The third-order valence-corrected chi connectivity index (χ3v) is 6.59. The van der Waals surface area contributed by atoms with Gasteiger partial charge in [0, 0.05) is 37.3 Å². The first-order chi connectivity index (χ1) is 16.0. The number of hydrogen-bond donors (Lipinski definition) is 2. The predicted molar refractivity (Wildman–Crippen MR) is 126 cm³/mol. The van der Waals surface area contributed by atoms with Gasteiger partial charge >= 0.3 is 0 Å². The minimum absolute atomic E-state index is 0.321. The van der Waals surface area contributed by atoms with Crippen molar-refractivity contribution >= 4 is 21.9 Å². The summed E-state index contributed by atoms with van der Waals surface area (Å²) >= 11 is 0. The van der Waals surface area contributed by atoms with Gasteiger partial charge in [-0.1, -0.05) is 5.16 Å². The summed E-state index contributed by atoms with van der Waals surface area (Å²) in [6.07, 6.45) is 3.84. The SMILES string of the molecule is COc1cc2c(cc1-c1c(C)noc1C)ncc1nc(C(N)CN)n(CC3CCOCC3)c12. The van der Waals surface area contributed by atoms with Gasteiger partial charge in [0.1, 0.15) is 22.9 Å². The first kappa shape index (κ1) is 21.8. The highest BCUT2D eigenvalue weighted by molar-refractivity contribution is 6.05. The van der Waals surface area contributed by atoms with E-state index in [9.17, 15) is 0 Å². The van der Waals surface area contributed by atoms with Crippen LogP contribution in [0.3, 0.4) is 0 Å². The topological polar surface area (TPSA) is 127 Å². The van der Waals surface area contributed by atoms with Crippen LogP contribution in [0.15, 0.2) is 22.9 Å². The molecule has 1 atom stereocenters. The summed E-state index contributed by atoms with van der Waals surface area (Å²) in [5, 5.41) is 5.08. The number of benzene rings is 1. The number of aryl methyl sites for hydroxylation is 2. The lowest BCUT2D eigenvalue weighted by molar-refractivity contribution is 0.0613.